The minimum Gasteiger partial charge on any atom is -0.496 e. The van der Waals surface area contributed by atoms with Gasteiger partial charge in [0, 0.05) is 18.7 Å². The van der Waals surface area contributed by atoms with Crippen LogP contribution in [-0.4, -0.2) is 43.3 Å². The Morgan fingerprint density at radius 3 is 2.63 bits per heavy atom. The second-order valence-electron chi connectivity index (χ2n) is 10.4. The third-order valence-electron chi connectivity index (χ3n) is 7.33. The number of aromatic nitrogens is 2. The van der Waals surface area contributed by atoms with Crippen molar-refractivity contribution in [3.05, 3.63) is 82.9 Å². The smallest absolute Gasteiger partial charge is 0.263 e. The van der Waals surface area contributed by atoms with Crippen molar-refractivity contribution < 1.29 is 26.7 Å². The average Bonchev–Trinajstić information content (AvgIpc) is 3.52. The Bertz CT molecular complexity index is 1730. The molecule has 5 rings (SSSR count). The molecule has 1 atom stereocenters. The number of rotatable bonds is 9. The standard InChI is InChI=1S/C29H31F2N5O4S/c1-18-8-9-22(15-23(18)31)41(38,39)35-27-26-24(13-21(30)14-25(26)40-3)36(34-27)17-20-7-4-6-19(12-20)16-32-28(37)29(2)10-5-11-33-29/h4,6-9,12-15,33H,5,10-11,16-17H2,1-3H3,(H,32,37)(H,34,35). The van der Waals surface area contributed by atoms with Crippen LogP contribution in [0.4, 0.5) is 14.6 Å². The van der Waals surface area contributed by atoms with Crippen molar-refractivity contribution in [2.45, 2.75) is 50.2 Å². The Kier molecular flexibility index (Phi) is 7.71. The lowest BCUT2D eigenvalue weighted by molar-refractivity contribution is -0.126. The summed E-state index contributed by atoms with van der Waals surface area (Å²) in [6.45, 7) is 4.73. The van der Waals surface area contributed by atoms with E-state index in [0.29, 0.717) is 17.6 Å². The molecule has 216 valence electrons. The van der Waals surface area contributed by atoms with Gasteiger partial charge in [-0.3, -0.25) is 14.2 Å². The highest BCUT2D eigenvalue weighted by molar-refractivity contribution is 7.92. The van der Waals surface area contributed by atoms with Gasteiger partial charge in [-0.2, -0.15) is 5.10 Å². The molecule has 1 saturated heterocycles. The van der Waals surface area contributed by atoms with Crippen molar-refractivity contribution in [3.63, 3.8) is 0 Å². The van der Waals surface area contributed by atoms with E-state index in [-0.39, 0.29) is 34.3 Å². The Morgan fingerprint density at radius 2 is 1.93 bits per heavy atom. The largest absolute Gasteiger partial charge is 0.496 e. The predicted molar refractivity (Wildman–Crippen MR) is 151 cm³/mol. The van der Waals surface area contributed by atoms with E-state index < -0.39 is 27.2 Å². The first-order valence-electron chi connectivity index (χ1n) is 13.1. The molecule has 9 nitrogen and oxygen atoms in total. The molecule has 1 unspecified atom stereocenters. The molecule has 1 fully saturated rings. The van der Waals surface area contributed by atoms with Crippen LogP contribution in [0.15, 0.2) is 59.5 Å². The van der Waals surface area contributed by atoms with Crippen LogP contribution in [-0.2, 0) is 27.9 Å². The maximum Gasteiger partial charge on any atom is 0.263 e. The van der Waals surface area contributed by atoms with E-state index >= 15 is 0 Å². The van der Waals surface area contributed by atoms with Crippen LogP contribution >= 0.6 is 0 Å². The Labute approximate surface area is 236 Å². The summed E-state index contributed by atoms with van der Waals surface area (Å²) in [7, 11) is -2.89. The molecule has 0 aliphatic carbocycles. The molecule has 1 amide bonds. The van der Waals surface area contributed by atoms with Gasteiger partial charge in [0.25, 0.3) is 10.0 Å². The van der Waals surface area contributed by atoms with Gasteiger partial charge in [-0.25, -0.2) is 17.2 Å². The molecule has 0 radical (unpaired) electrons. The van der Waals surface area contributed by atoms with Crippen LogP contribution in [0.5, 0.6) is 5.75 Å². The monoisotopic (exact) mass is 583 g/mol. The summed E-state index contributed by atoms with van der Waals surface area (Å²) in [6.07, 6.45) is 1.72. The summed E-state index contributed by atoms with van der Waals surface area (Å²) >= 11 is 0. The van der Waals surface area contributed by atoms with Crippen LogP contribution in [0.2, 0.25) is 0 Å². The van der Waals surface area contributed by atoms with E-state index in [1.165, 1.54) is 36.9 Å². The first kappa shape index (κ1) is 28.5. The van der Waals surface area contributed by atoms with Crippen LogP contribution in [0.1, 0.15) is 36.5 Å². The topological polar surface area (TPSA) is 114 Å². The number of benzene rings is 3. The molecule has 1 aliphatic heterocycles. The van der Waals surface area contributed by atoms with Crippen LogP contribution in [0.3, 0.4) is 0 Å². The second-order valence-corrected chi connectivity index (χ2v) is 12.1. The summed E-state index contributed by atoms with van der Waals surface area (Å²) < 4.78 is 64.2. The van der Waals surface area contributed by atoms with Gasteiger partial charge in [0.2, 0.25) is 5.91 Å². The van der Waals surface area contributed by atoms with Crippen molar-refractivity contribution in [2.24, 2.45) is 0 Å². The van der Waals surface area contributed by atoms with Crippen LogP contribution in [0.25, 0.3) is 10.9 Å². The first-order chi connectivity index (χ1) is 19.5. The normalized spacial score (nSPS) is 17.1. The van der Waals surface area contributed by atoms with Crippen molar-refractivity contribution >= 4 is 32.7 Å². The van der Waals surface area contributed by atoms with Crippen molar-refractivity contribution in [1.82, 2.24) is 20.4 Å². The van der Waals surface area contributed by atoms with Gasteiger partial charge in [-0.05, 0) is 62.1 Å². The van der Waals surface area contributed by atoms with E-state index in [2.05, 4.69) is 20.5 Å². The van der Waals surface area contributed by atoms with Gasteiger partial charge >= 0.3 is 0 Å². The fourth-order valence-corrected chi connectivity index (χ4v) is 6.01. The summed E-state index contributed by atoms with van der Waals surface area (Å²) in [5, 5.41) is 10.9. The fourth-order valence-electron chi connectivity index (χ4n) is 4.99. The lowest BCUT2D eigenvalue weighted by atomic mass is 9.99. The molecule has 3 N–H and O–H groups in total. The minimum atomic E-state index is -4.23. The molecular formula is C29H31F2N5O4S. The number of carbonyl (C=O) groups is 1. The summed E-state index contributed by atoms with van der Waals surface area (Å²) in [4.78, 5) is 12.4. The van der Waals surface area contributed by atoms with E-state index in [0.717, 1.165) is 42.6 Å². The fraction of sp³-hybridized carbons (Fsp3) is 0.310. The van der Waals surface area contributed by atoms with E-state index in [4.69, 9.17) is 4.74 Å². The van der Waals surface area contributed by atoms with Crippen molar-refractivity contribution in [2.75, 3.05) is 18.4 Å². The lowest BCUT2D eigenvalue weighted by Crippen LogP contribution is -2.50. The third kappa shape index (κ3) is 5.89. The summed E-state index contributed by atoms with van der Waals surface area (Å²) in [5.74, 6) is -1.31. The van der Waals surface area contributed by atoms with Gasteiger partial charge < -0.3 is 15.4 Å². The van der Waals surface area contributed by atoms with Gasteiger partial charge in [-0.15, -0.1) is 0 Å². The number of methoxy groups -OCH3 is 1. The number of sulfonamides is 1. The van der Waals surface area contributed by atoms with E-state index in [1.54, 1.807) is 0 Å². The van der Waals surface area contributed by atoms with Crippen molar-refractivity contribution in [3.8, 4) is 5.75 Å². The number of hydrogen-bond acceptors (Lipinski definition) is 6. The number of aryl methyl sites for hydroxylation is 1. The number of nitrogens with one attached hydrogen (secondary N) is 3. The van der Waals surface area contributed by atoms with Crippen molar-refractivity contribution in [1.29, 1.82) is 0 Å². The third-order valence-corrected chi connectivity index (χ3v) is 8.67. The van der Waals surface area contributed by atoms with Gasteiger partial charge in [0.05, 0.1) is 35.0 Å². The zero-order valence-electron chi connectivity index (χ0n) is 22.9. The molecular weight excluding hydrogens is 552 g/mol. The molecule has 12 heteroatoms. The predicted octanol–water partition coefficient (Wildman–Crippen LogP) is 4.24. The van der Waals surface area contributed by atoms with E-state index in [9.17, 15) is 22.0 Å². The zero-order valence-corrected chi connectivity index (χ0v) is 23.7. The molecule has 4 aromatic rings. The van der Waals surface area contributed by atoms with Gasteiger partial charge in [-0.1, -0.05) is 30.3 Å². The molecule has 1 aromatic heterocycles. The number of ether oxygens (including phenoxy) is 1. The van der Waals surface area contributed by atoms with E-state index in [1.807, 2.05) is 31.2 Å². The number of amides is 1. The highest BCUT2D eigenvalue weighted by Gasteiger charge is 2.35. The lowest BCUT2D eigenvalue weighted by Gasteiger charge is -2.23. The summed E-state index contributed by atoms with van der Waals surface area (Å²) in [5.41, 5.74) is 1.68. The Balaban J connectivity index is 1.44. The average molecular weight is 584 g/mol. The quantitative estimate of drug-likeness (QED) is 0.272. The molecule has 41 heavy (non-hydrogen) atoms. The Morgan fingerprint density at radius 1 is 1.15 bits per heavy atom. The zero-order chi connectivity index (χ0) is 29.4. The van der Waals surface area contributed by atoms with Crippen LogP contribution in [0, 0.1) is 18.6 Å². The second kappa shape index (κ2) is 11.1. The number of carbonyl (C=O) groups excluding carboxylic acids is 1. The molecule has 1 aliphatic rings. The highest BCUT2D eigenvalue weighted by Crippen LogP contribution is 2.35. The molecule has 2 heterocycles. The number of fused-ring (bicyclic) bond motifs is 1. The molecule has 0 spiro atoms. The van der Waals surface area contributed by atoms with Crippen LogP contribution < -0.4 is 20.1 Å². The maximum absolute atomic E-state index is 14.5. The first-order valence-corrected chi connectivity index (χ1v) is 14.6. The number of nitrogens with zero attached hydrogens (tertiary/aromatic N) is 2. The number of hydrogen-bond donors (Lipinski definition) is 3. The molecule has 0 bridgehead atoms. The summed E-state index contributed by atoms with van der Waals surface area (Å²) in [6, 6.07) is 13.5. The SMILES string of the molecule is COc1cc(F)cc2c1c(NS(=O)(=O)c1ccc(C)c(F)c1)nn2Cc1cccc(CNC(=O)C2(C)CCCN2)c1. The van der Waals surface area contributed by atoms with Gasteiger partial charge in [0.1, 0.15) is 17.4 Å². The van der Waals surface area contributed by atoms with Gasteiger partial charge in [0.15, 0.2) is 5.82 Å². The number of anilines is 1. The number of halogens is 2. The molecule has 3 aromatic carbocycles. The molecule has 0 saturated carbocycles. The maximum atomic E-state index is 14.5. The minimum absolute atomic E-state index is 0.0635. The highest BCUT2D eigenvalue weighted by atomic mass is 32.2. The Hall–Kier alpha value is -4.03.